The molecule has 2 aromatic carbocycles. The first-order valence-corrected chi connectivity index (χ1v) is 10.6. The van der Waals surface area contributed by atoms with Gasteiger partial charge in [-0.2, -0.15) is 0 Å². The molecule has 150 valence electrons. The van der Waals surface area contributed by atoms with Crippen LogP contribution in [0.25, 0.3) is 11.0 Å². The van der Waals surface area contributed by atoms with Gasteiger partial charge < -0.3 is 19.8 Å². The highest BCUT2D eigenvalue weighted by Crippen LogP contribution is 2.37. The highest BCUT2D eigenvalue weighted by atomic mass is 79.9. The Balaban J connectivity index is 1.52. The fourth-order valence-corrected chi connectivity index (χ4v) is 3.66. The van der Waals surface area contributed by atoms with Crippen LogP contribution in [0, 0.1) is 0 Å². The highest BCUT2D eigenvalue weighted by molar-refractivity contribution is 9.10. The van der Waals surface area contributed by atoms with Crippen LogP contribution in [0.4, 0.5) is 0 Å². The summed E-state index contributed by atoms with van der Waals surface area (Å²) in [4.78, 5) is 8.00. The summed E-state index contributed by atoms with van der Waals surface area (Å²) in [5.74, 6) is 2.59. The maximum atomic E-state index is 5.90. The third-order valence-electron chi connectivity index (χ3n) is 4.26. The number of ether oxygens (including phenoxy) is 2. The highest BCUT2D eigenvalue weighted by Gasteiger charge is 2.13. The van der Waals surface area contributed by atoms with Crippen LogP contribution in [0.3, 0.4) is 0 Å². The van der Waals surface area contributed by atoms with Gasteiger partial charge in [0.1, 0.15) is 5.82 Å². The number of halogens is 1. The minimum Gasteiger partial charge on any atom is -0.490 e. The average Bonchev–Trinajstić information content (AvgIpc) is 3.07. The Labute approximate surface area is 175 Å². The molecule has 0 aliphatic heterocycles. The molecular weight excluding hydrogens is 418 g/mol. The molecular formula is C22H28BrN3O2. The van der Waals surface area contributed by atoms with E-state index in [1.54, 1.807) is 0 Å². The van der Waals surface area contributed by atoms with Crippen LogP contribution in [-0.4, -0.2) is 29.2 Å². The lowest BCUT2D eigenvalue weighted by atomic mass is 10.2. The molecule has 0 atom stereocenters. The van der Waals surface area contributed by atoms with Crippen molar-refractivity contribution >= 4 is 27.0 Å². The molecule has 0 amide bonds. The summed E-state index contributed by atoms with van der Waals surface area (Å²) < 4.78 is 12.6. The van der Waals surface area contributed by atoms with Crippen molar-refractivity contribution in [3.8, 4) is 11.5 Å². The minimum atomic E-state index is 0.0951. The number of nitrogens with zero attached hydrogens (tertiary/aromatic N) is 1. The van der Waals surface area contributed by atoms with Crippen molar-refractivity contribution in [2.45, 2.75) is 46.3 Å². The van der Waals surface area contributed by atoms with Gasteiger partial charge in [0.25, 0.3) is 0 Å². The largest absolute Gasteiger partial charge is 0.490 e. The molecule has 3 rings (SSSR count). The van der Waals surface area contributed by atoms with Crippen LogP contribution >= 0.6 is 15.9 Å². The number of nitrogens with one attached hydrogen (secondary N) is 2. The molecule has 1 aromatic heterocycles. The summed E-state index contributed by atoms with van der Waals surface area (Å²) >= 11 is 3.62. The zero-order valence-corrected chi connectivity index (χ0v) is 18.3. The predicted molar refractivity (Wildman–Crippen MR) is 117 cm³/mol. The molecule has 0 aliphatic carbocycles. The topological polar surface area (TPSA) is 59.2 Å². The molecule has 2 N–H and O–H groups in total. The first-order chi connectivity index (χ1) is 13.6. The Morgan fingerprint density at radius 3 is 2.79 bits per heavy atom. The Morgan fingerprint density at radius 2 is 2.04 bits per heavy atom. The maximum absolute atomic E-state index is 5.90. The van der Waals surface area contributed by atoms with Crippen molar-refractivity contribution in [2.75, 3.05) is 13.2 Å². The fourth-order valence-electron chi connectivity index (χ4n) is 3.07. The predicted octanol–water partition coefficient (Wildman–Crippen LogP) is 5.23. The van der Waals surface area contributed by atoms with Gasteiger partial charge in [-0.25, -0.2) is 4.98 Å². The molecule has 28 heavy (non-hydrogen) atoms. The Hall–Kier alpha value is -2.05. The zero-order chi connectivity index (χ0) is 19.9. The number of hydrogen-bond donors (Lipinski definition) is 2. The van der Waals surface area contributed by atoms with Gasteiger partial charge in [0.15, 0.2) is 11.5 Å². The third-order valence-corrected chi connectivity index (χ3v) is 4.85. The van der Waals surface area contributed by atoms with E-state index in [0.29, 0.717) is 6.61 Å². The van der Waals surface area contributed by atoms with E-state index < -0.39 is 0 Å². The van der Waals surface area contributed by atoms with Crippen molar-refractivity contribution in [1.29, 1.82) is 0 Å². The normalized spacial score (nSPS) is 11.3. The number of benzene rings is 2. The molecule has 0 spiro atoms. The van der Waals surface area contributed by atoms with Gasteiger partial charge in [0, 0.05) is 13.0 Å². The summed E-state index contributed by atoms with van der Waals surface area (Å²) in [6, 6.07) is 12.3. The quantitative estimate of drug-likeness (QED) is 0.419. The first-order valence-electron chi connectivity index (χ1n) is 9.83. The molecule has 3 aromatic rings. The van der Waals surface area contributed by atoms with E-state index >= 15 is 0 Å². The first kappa shape index (κ1) is 20.7. The molecule has 0 fully saturated rings. The number of aromatic amines is 1. The molecule has 0 unspecified atom stereocenters. The van der Waals surface area contributed by atoms with Gasteiger partial charge in [-0.1, -0.05) is 12.1 Å². The van der Waals surface area contributed by atoms with Crippen molar-refractivity contribution in [2.24, 2.45) is 0 Å². The van der Waals surface area contributed by atoms with Crippen molar-refractivity contribution < 1.29 is 9.47 Å². The molecule has 0 saturated carbocycles. The van der Waals surface area contributed by atoms with Gasteiger partial charge in [-0.05, 0) is 79.5 Å². The van der Waals surface area contributed by atoms with Crippen LogP contribution in [0.15, 0.2) is 40.9 Å². The summed E-state index contributed by atoms with van der Waals surface area (Å²) in [5, 5.41) is 3.50. The van der Waals surface area contributed by atoms with E-state index in [1.165, 1.54) is 0 Å². The van der Waals surface area contributed by atoms with Crippen LogP contribution in [0.1, 0.15) is 38.6 Å². The summed E-state index contributed by atoms with van der Waals surface area (Å²) in [7, 11) is 0. The third kappa shape index (κ3) is 5.49. The maximum Gasteiger partial charge on any atom is 0.175 e. The van der Waals surface area contributed by atoms with E-state index in [9.17, 15) is 0 Å². The number of rotatable bonds is 10. The Bertz CT molecular complexity index is 875. The number of aromatic nitrogens is 2. The second-order valence-electron chi connectivity index (χ2n) is 6.99. The van der Waals surface area contributed by atoms with Gasteiger partial charge in [-0.3, -0.25) is 0 Å². The number of para-hydroxylation sites is 2. The molecule has 1 heterocycles. The van der Waals surface area contributed by atoms with E-state index in [-0.39, 0.29) is 6.10 Å². The number of aryl methyl sites for hydroxylation is 1. The monoisotopic (exact) mass is 445 g/mol. The van der Waals surface area contributed by atoms with Crippen molar-refractivity contribution in [3.05, 3.63) is 52.3 Å². The van der Waals surface area contributed by atoms with Gasteiger partial charge in [0.2, 0.25) is 0 Å². The van der Waals surface area contributed by atoms with E-state index in [0.717, 1.165) is 64.3 Å². The summed E-state index contributed by atoms with van der Waals surface area (Å²) in [6.45, 7) is 8.31. The molecule has 0 radical (unpaired) electrons. The van der Waals surface area contributed by atoms with E-state index in [1.807, 2.05) is 39.0 Å². The molecule has 0 bridgehead atoms. The van der Waals surface area contributed by atoms with Crippen LogP contribution in [0.5, 0.6) is 11.5 Å². The van der Waals surface area contributed by atoms with Gasteiger partial charge >= 0.3 is 0 Å². The molecule has 0 aliphatic rings. The fraction of sp³-hybridized carbons (Fsp3) is 0.409. The standard InChI is InChI=1S/C22H28BrN3O2/c1-4-27-20-13-16(12-17(23)22(20)28-15(2)3)14-24-11-7-10-21-25-18-8-5-6-9-19(18)26-21/h5-6,8-9,12-13,15,24H,4,7,10-11,14H2,1-3H3,(H,25,26). The van der Waals surface area contributed by atoms with Gasteiger partial charge in [-0.15, -0.1) is 0 Å². The lowest BCUT2D eigenvalue weighted by Gasteiger charge is -2.17. The average molecular weight is 446 g/mol. The lowest BCUT2D eigenvalue weighted by molar-refractivity contribution is 0.222. The summed E-state index contributed by atoms with van der Waals surface area (Å²) in [5.41, 5.74) is 3.29. The van der Waals surface area contributed by atoms with Crippen LogP contribution in [0.2, 0.25) is 0 Å². The Morgan fingerprint density at radius 1 is 1.21 bits per heavy atom. The smallest absolute Gasteiger partial charge is 0.175 e. The van der Waals surface area contributed by atoms with Crippen LogP contribution in [-0.2, 0) is 13.0 Å². The van der Waals surface area contributed by atoms with Crippen LogP contribution < -0.4 is 14.8 Å². The Kier molecular flexibility index (Phi) is 7.34. The second-order valence-corrected chi connectivity index (χ2v) is 7.84. The number of imidazole rings is 1. The lowest BCUT2D eigenvalue weighted by Crippen LogP contribution is -2.16. The van der Waals surface area contributed by atoms with Crippen molar-refractivity contribution in [3.63, 3.8) is 0 Å². The van der Waals surface area contributed by atoms with E-state index in [4.69, 9.17) is 9.47 Å². The molecule has 6 heteroatoms. The zero-order valence-electron chi connectivity index (χ0n) is 16.7. The SMILES string of the molecule is CCOc1cc(CNCCCc2nc3ccccc3[nH]2)cc(Br)c1OC(C)C. The van der Waals surface area contributed by atoms with E-state index in [2.05, 4.69) is 49.4 Å². The van der Waals surface area contributed by atoms with Crippen molar-refractivity contribution in [1.82, 2.24) is 15.3 Å². The molecule has 5 nitrogen and oxygen atoms in total. The number of fused-ring (bicyclic) bond motifs is 1. The number of H-pyrrole nitrogens is 1. The van der Waals surface area contributed by atoms with Gasteiger partial charge in [0.05, 0.1) is 28.2 Å². The molecule has 0 saturated heterocycles. The second kappa shape index (κ2) is 9.94. The summed E-state index contributed by atoms with van der Waals surface area (Å²) in [6.07, 6.45) is 2.04. The minimum absolute atomic E-state index is 0.0951. The number of hydrogen-bond acceptors (Lipinski definition) is 4.